The van der Waals surface area contributed by atoms with Crippen LogP contribution in [0.2, 0.25) is 0 Å². The molecule has 4 rings (SSSR count). The zero-order valence-corrected chi connectivity index (χ0v) is 11.0. The average molecular weight is 240 g/mol. The molecule has 0 N–H and O–H groups in total. The van der Waals surface area contributed by atoms with Crippen molar-refractivity contribution in [1.82, 2.24) is 9.47 Å². The Balaban J connectivity index is 2.02. The molecule has 18 heavy (non-hydrogen) atoms. The molecule has 2 aliphatic rings. The third-order valence-electron chi connectivity index (χ3n) is 4.80. The monoisotopic (exact) mass is 240 g/mol. The van der Waals surface area contributed by atoms with Crippen LogP contribution < -0.4 is 0 Å². The van der Waals surface area contributed by atoms with Gasteiger partial charge in [-0.1, -0.05) is 25.1 Å². The molecule has 1 aromatic heterocycles. The molecule has 2 heterocycles. The number of fused-ring (bicyclic) bond motifs is 3. The number of para-hydroxylation sites is 1. The summed E-state index contributed by atoms with van der Waals surface area (Å²) in [7, 11) is 0. The molecule has 0 bridgehead atoms. The fourth-order valence-electron chi connectivity index (χ4n) is 4.01. The van der Waals surface area contributed by atoms with Crippen molar-refractivity contribution in [1.29, 1.82) is 0 Å². The Kier molecular flexibility index (Phi) is 2.28. The molecule has 1 aromatic carbocycles. The minimum absolute atomic E-state index is 0.680. The largest absolute Gasteiger partial charge is 0.342 e. The number of hydrogen-bond acceptors (Lipinski definition) is 1. The van der Waals surface area contributed by atoms with Crippen LogP contribution in [0.4, 0.5) is 0 Å². The lowest BCUT2D eigenvalue weighted by Gasteiger charge is -2.39. The Morgan fingerprint density at radius 2 is 2.11 bits per heavy atom. The number of aromatic nitrogens is 1. The minimum Gasteiger partial charge on any atom is -0.342 e. The highest BCUT2D eigenvalue weighted by Gasteiger charge is 2.33. The lowest BCUT2D eigenvalue weighted by atomic mass is 9.90. The van der Waals surface area contributed by atoms with Crippen molar-refractivity contribution in [2.24, 2.45) is 0 Å². The average Bonchev–Trinajstić information content (AvgIpc) is 2.77. The van der Waals surface area contributed by atoms with Crippen LogP contribution >= 0.6 is 0 Å². The van der Waals surface area contributed by atoms with E-state index in [9.17, 15) is 0 Å². The van der Waals surface area contributed by atoms with Gasteiger partial charge in [0.25, 0.3) is 0 Å². The molecule has 1 aliphatic carbocycles. The van der Waals surface area contributed by atoms with E-state index in [1.807, 2.05) is 0 Å². The summed E-state index contributed by atoms with van der Waals surface area (Å²) in [6.45, 7) is 5.87. The van der Waals surface area contributed by atoms with Crippen LogP contribution in [0.1, 0.15) is 37.1 Å². The summed E-state index contributed by atoms with van der Waals surface area (Å²) in [5.74, 6) is 0. The van der Waals surface area contributed by atoms with Crippen molar-refractivity contribution in [3.05, 3.63) is 35.5 Å². The van der Waals surface area contributed by atoms with Crippen LogP contribution in [0.25, 0.3) is 10.9 Å². The zero-order valence-electron chi connectivity index (χ0n) is 11.0. The Bertz CT molecular complexity index is 563. The normalized spacial score (nSPS) is 23.3. The van der Waals surface area contributed by atoms with Gasteiger partial charge >= 0.3 is 0 Å². The van der Waals surface area contributed by atoms with Gasteiger partial charge < -0.3 is 4.57 Å². The van der Waals surface area contributed by atoms with Gasteiger partial charge in [-0.2, -0.15) is 0 Å². The number of aryl methyl sites for hydroxylation is 1. The fourth-order valence-corrected chi connectivity index (χ4v) is 4.01. The van der Waals surface area contributed by atoms with E-state index in [1.165, 1.54) is 49.8 Å². The van der Waals surface area contributed by atoms with E-state index in [4.69, 9.17) is 0 Å². The van der Waals surface area contributed by atoms with Crippen LogP contribution in [0.3, 0.4) is 0 Å². The minimum atomic E-state index is 0.680. The van der Waals surface area contributed by atoms with Crippen molar-refractivity contribution in [2.45, 2.75) is 38.8 Å². The van der Waals surface area contributed by atoms with Crippen LogP contribution in [0, 0.1) is 0 Å². The number of hydrogen-bond donors (Lipinski definition) is 0. The predicted octanol–water partition coefficient (Wildman–Crippen LogP) is 3.35. The summed E-state index contributed by atoms with van der Waals surface area (Å²) in [5.41, 5.74) is 4.74. The lowest BCUT2D eigenvalue weighted by molar-refractivity contribution is 0.149. The maximum atomic E-state index is 2.66. The molecule has 0 amide bonds. The Labute approximate surface area is 108 Å². The van der Waals surface area contributed by atoms with Crippen LogP contribution in [0.15, 0.2) is 24.3 Å². The van der Waals surface area contributed by atoms with E-state index in [1.54, 1.807) is 11.3 Å². The lowest BCUT2D eigenvalue weighted by Crippen LogP contribution is -2.39. The summed E-state index contributed by atoms with van der Waals surface area (Å²) < 4.78 is 2.60. The number of rotatable bonds is 1. The molecule has 2 aromatic rings. The summed E-state index contributed by atoms with van der Waals surface area (Å²) in [4.78, 5) is 2.66. The first-order valence-corrected chi connectivity index (χ1v) is 7.24. The molecular formula is C16H20N2. The molecule has 2 nitrogen and oxygen atoms in total. The first kappa shape index (κ1) is 10.6. The first-order valence-electron chi connectivity index (χ1n) is 7.24. The molecule has 0 spiro atoms. The van der Waals surface area contributed by atoms with Gasteiger partial charge in [-0.3, -0.25) is 4.90 Å². The third-order valence-corrected chi connectivity index (χ3v) is 4.80. The Hall–Kier alpha value is -1.28. The van der Waals surface area contributed by atoms with Gasteiger partial charge in [0.15, 0.2) is 0 Å². The highest BCUT2D eigenvalue weighted by atomic mass is 15.2. The van der Waals surface area contributed by atoms with Gasteiger partial charge in [-0.15, -0.1) is 0 Å². The fraction of sp³-hybridized carbons (Fsp3) is 0.500. The number of likely N-dealkylation sites (N-methyl/N-ethyl adjacent to an activating group) is 1. The van der Waals surface area contributed by atoms with Crippen molar-refractivity contribution >= 4 is 10.9 Å². The van der Waals surface area contributed by atoms with E-state index < -0.39 is 0 Å². The van der Waals surface area contributed by atoms with Crippen molar-refractivity contribution in [3.8, 4) is 0 Å². The smallest absolute Gasteiger partial charge is 0.0504 e. The van der Waals surface area contributed by atoms with Gasteiger partial charge in [-0.25, -0.2) is 0 Å². The third kappa shape index (κ3) is 1.27. The molecule has 1 aliphatic heterocycles. The van der Waals surface area contributed by atoms with Gasteiger partial charge in [-0.05, 0) is 37.4 Å². The summed E-state index contributed by atoms with van der Waals surface area (Å²) >= 11 is 0. The van der Waals surface area contributed by atoms with E-state index in [-0.39, 0.29) is 0 Å². The Morgan fingerprint density at radius 1 is 1.22 bits per heavy atom. The van der Waals surface area contributed by atoms with E-state index in [2.05, 4.69) is 40.7 Å². The van der Waals surface area contributed by atoms with Gasteiger partial charge in [0, 0.05) is 29.7 Å². The first-order chi connectivity index (χ1) is 8.90. The van der Waals surface area contributed by atoms with Crippen molar-refractivity contribution in [2.75, 3.05) is 13.1 Å². The summed E-state index contributed by atoms with van der Waals surface area (Å²) in [6, 6.07) is 9.66. The predicted molar refractivity (Wildman–Crippen MR) is 74.9 cm³/mol. The van der Waals surface area contributed by atoms with Crippen molar-refractivity contribution in [3.63, 3.8) is 0 Å². The molecule has 1 atom stereocenters. The van der Waals surface area contributed by atoms with Gasteiger partial charge in [0.05, 0.1) is 6.04 Å². The molecule has 94 valence electrons. The maximum Gasteiger partial charge on any atom is 0.0504 e. The standard InChI is InChI=1S/C16H20N2/c1-2-17-10-11-18-14-8-4-3-6-12(14)13-7-5-9-15(17)16(13)18/h3-4,6,8,15H,2,5,7,9-11H2,1H3. The molecule has 2 heteroatoms. The topological polar surface area (TPSA) is 8.17 Å². The second-order valence-electron chi connectivity index (χ2n) is 5.57. The molecule has 0 saturated carbocycles. The van der Waals surface area contributed by atoms with Crippen LogP contribution in [0.5, 0.6) is 0 Å². The zero-order chi connectivity index (χ0) is 12.1. The maximum absolute atomic E-state index is 2.66. The van der Waals surface area contributed by atoms with E-state index in [0.717, 1.165) is 0 Å². The highest BCUT2D eigenvalue weighted by Crippen LogP contribution is 2.42. The quantitative estimate of drug-likeness (QED) is 0.742. The second-order valence-corrected chi connectivity index (χ2v) is 5.57. The Morgan fingerprint density at radius 3 is 3.00 bits per heavy atom. The van der Waals surface area contributed by atoms with E-state index >= 15 is 0 Å². The second kappa shape index (κ2) is 3.86. The SMILES string of the molecule is CCN1CCn2c3c(c4ccccc42)CCCC31. The number of nitrogens with zero attached hydrogens (tertiary/aromatic N) is 2. The molecule has 1 unspecified atom stereocenters. The molecule has 0 fully saturated rings. The summed E-state index contributed by atoms with van der Waals surface area (Å²) in [5, 5.41) is 1.51. The van der Waals surface area contributed by atoms with Crippen molar-refractivity contribution < 1.29 is 0 Å². The molecule has 0 saturated heterocycles. The van der Waals surface area contributed by atoms with Gasteiger partial charge in [0.2, 0.25) is 0 Å². The van der Waals surface area contributed by atoms with Crippen LogP contribution in [-0.4, -0.2) is 22.6 Å². The summed E-state index contributed by atoms with van der Waals surface area (Å²) in [6.07, 6.45) is 3.97. The molecule has 0 radical (unpaired) electrons. The van der Waals surface area contributed by atoms with Gasteiger partial charge in [0.1, 0.15) is 0 Å². The number of benzene rings is 1. The van der Waals surface area contributed by atoms with E-state index in [0.29, 0.717) is 6.04 Å². The highest BCUT2D eigenvalue weighted by molar-refractivity contribution is 5.86. The molecular weight excluding hydrogens is 220 g/mol. The van der Waals surface area contributed by atoms with Crippen LogP contribution in [-0.2, 0) is 13.0 Å².